The topological polar surface area (TPSA) is 75.6 Å². The zero-order chi connectivity index (χ0) is 19.3. The fourth-order valence-electron chi connectivity index (χ4n) is 3.21. The van der Waals surface area contributed by atoms with Crippen LogP contribution in [0, 0.1) is 0 Å². The van der Waals surface area contributed by atoms with Gasteiger partial charge in [0, 0.05) is 55.5 Å². The normalized spacial score (nSPS) is 15.1. The lowest BCUT2D eigenvalue weighted by Gasteiger charge is -2.36. The third-order valence-electron chi connectivity index (χ3n) is 4.77. The Kier molecular flexibility index (Phi) is 5.43. The van der Waals surface area contributed by atoms with Crippen LogP contribution in [0.2, 0.25) is 5.02 Å². The van der Waals surface area contributed by atoms with Gasteiger partial charge in [0.15, 0.2) is 11.8 Å². The van der Waals surface area contributed by atoms with E-state index < -0.39 is 0 Å². The van der Waals surface area contributed by atoms with Gasteiger partial charge in [-0.2, -0.15) is 5.10 Å². The molecule has 0 unspecified atom stereocenters. The van der Waals surface area contributed by atoms with Gasteiger partial charge in [0.1, 0.15) is 0 Å². The average Bonchev–Trinajstić information content (AvgIpc) is 3.28. The van der Waals surface area contributed by atoms with Crippen molar-refractivity contribution in [1.82, 2.24) is 19.7 Å². The molecule has 0 saturated carbocycles. The summed E-state index contributed by atoms with van der Waals surface area (Å²) in [7, 11) is 0. The van der Waals surface area contributed by atoms with Crippen molar-refractivity contribution in [3.05, 3.63) is 71.6 Å². The van der Waals surface area contributed by atoms with E-state index in [4.69, 9.17) is 17.3 Å². The molecule has 0 radical (unpaired) electrons. The van der Waals surface area contributed by atoms with E-state index in [0.29, 0.717) is 12.5 Å². The first-order valence-corrected chi connectivity index (χ1v) is 9.57. The molecule has 8 heteroatoms. The molecule has 1 fully saturated rings. The minimum absolute atomic E-state index is 0.514. The Balaban J connectivity index is 1.35. The van der Waals surface area contributed by atoms with Crippen LogP contribution in [0.25, 0.3) is 5.82 Å². The Morgan fingerprint density at radius 3 is 2.57 bits per heavy atom. The number of nitrogens with zero attached hydrogens (tertiary/aromatic N) is 6. The number of aliphatic imine (C=N–C) groups is 1. The standard InChI is InChI=1S/C20H22ClN7/c21-17-2-4-18(5-3-17)26-10-12-27(13-11-26)20(22)24-15-16-6-8-23-19(14-16)28-9-1-7-25-28/h1-9,14H,10-13,15H2,(H2,22,24). The lowest BCUT2D eigenvalue weighted by molar-refractivity contribution is 0.380. The minimum atomic E-state index is 0.514. The second kappa shape index (κ2) is 8.31. The van der Waals surface area contributed by atoms with Gasteiger partial charge >= 0.3 is 0 Å². The van der Waals surface area contributed by atoms with Crippen molar-refractivity contribution in [3.8, 4) is 5.82 Å². The fourth-order valence-corrected chi connectivity index (χ4v) is 3.33. The van der Waals surface area contributed by atoms with Gasteiger partial charge in [0.05, 0.1) is 6.54 Å². The molecular formula is C20H22ClN7. The molecule has 0 spiro atoms. The molecule has 4 rings (SSSR count). The summed E-state index contributed by atoms with van der Waals surface area (Å²) in [4.78, 5) is 13.4. The number of aromatic nitrogens is 3. The van der Waals surface area contributed by atoms with E-state index in [0.717, 1.165) is 42.6 Å². The molecule has 0 atom stereocenters. The Labute approximate surface area is 169 Å². The minimum Gasteiger partial charge on any atom is -0.370 e. The molecule has 2 aromatic heterocycles. The summed E-state index contributed by atoms with van der Waals surface area (Å²) in [5, 5.41) is 4.96. The second-order valence-electron chi connectivity index (χ2n) is 6.60. The van der Waals surface area contributed by atoms with Crippen LogP contribution >= 0.6 is 11.6 Å². The van der Waals surface area contributed by atoms with Crippen LogP contribution in [0.4, 0.5) is 5.69 Å². The summed E-state index contributed by atoms with van der Waals surface area (Å²) in [6, 6.07) is 13.7. The number of piperazine rings is 1. The molecule has 2 N–H and O–H groups in total. The first kappa shape index (κ1) is 18.3. The van der Waals surface area contributed by atoms with Crippen molar-refractivity contribution in [2.24, 2.45) is 10.7 Å². The highest BCUT2D eigenvalue weighted by Crippen LogP contribution is 2.19. The summed E-state index contributed by atoms with van der Waals surface area (Å²) >= 11 is 5.97. The maximum atomic E-state index is 6.24. The van der Waals surface area contributed by atoms with Crippen molar-refractivity contribution < 1.29 is 0 Å². The number of hydrogen-bond acceptors (Lipinski definition) is 4. The maximum absolute atomic E-state index is 6.24. The molecule has 7 nitrogen and oxygen atoms in total. The van der Waals surface area contributed by atoms with Crippen LogP contribution in [0.1, 0.15) is 5.56 Å². The van der Waals surface area contributed by atoms with E-state index in [2.05, 4.69) is 37.0 Å². The smallest absolute Gasteiger partial charge is 0.191 e. The second-order valence-corrected chi connectivity index (χ2v) is 7.03. The summed E-state index contributed by atoms with van der Waals surface area (Å²) in [6.07, 6.45) is 5.36. The molecule has 3 heterocycles. The molecule has 144 valence electrons. The molecule has 0 aliphatic carbocycles. The summed E-state index contributed by atoms with van der Waals surface area (Å²) in [6.45, 7) is 3.99. The molecular weight excluding hydrogens is 374 g/mol. The Morgan fingerprint density at radius 2 is 1.86 bits per heavy atom. The number of anilines is 1. The van der Waals surface area contributed by atoms with Crippen molar-refractivity contribution in [3.63, 3.8) is 0 Å². The molecule has 3 aromatic rings. The average molecular weight is 396 g/mol. The van der Waals surface area contributed by atoms with Crippen LogP contribution in [-0.4, -0.2) is 51.8 Å². The van der Waals surface area contributed by atoms with E-state index in [-0.39, 0.29) is 0 Å². The molecule has 1 aliphatic heterocycles. The Morgan fingerprint density at radius 1 is 1.07 bits per heavy atom. The zero-order valence-electron chi connectivity index (χ0n) is 15.4. The predicted molar refractivity (Wildman–Crippen MR) is 112 cm³/mol. The van der Waals surface area contributed by atoms with Crippen LogP contribution in [0.3, 0.4) is 0 Å². The van der Waals surface area contributed by atoms with Crippen molar-refractivity contribution in [1.29, 1.82) is 0 Å². The summed E-state index contributed by atoms with van der Waals surface area (Å²) in [5.74, 6) is 1.35. The molecule has 0 amide bonds. The number of hydrogen-bond donors (Lipinski definition) is 1. The Hall–Kier alpha value is -3.06. The maximum Gasteiger partial charge on any atom is 0.191 e. The fraction of sp³-hybridized carbons (Fsp3) is 0.250. The molecule has 1 saturated heterocycles. The van der Waals surface area contributed by atoms with Gasteiger partial charge in [0.25, 0.3) is 0 Å². The number of pyridine rings is 1. The molecule has 0 bridgehead atoms. The van der Waals surface area contributed by atoms with Crippen molar-refractivity contribution in [2.45, 2.75) is 6.54 Å². The van der Waals surface area contributed by atoms with E-state index >= 15 is 0 Å². The van der Waals surface area contributed by atoms with Crippen molar-refractivity contribution in [2.75, 3.05) is 31.1 Å². The van der Waals surface area contributed by atoms with Gasteiger partial charge in [-0.1, -0.05) is 11.6 Å². The van der Waals surface area contributed by atoms with Gasteiger partial charge in [-0.05, 0) is 48.0 Å². The van der Waals surface area contributed by atoms with Gasteiger partial charge < -0.3 is 15.5 Å². The van der Waals surface area contributed by atoms with Gasteiger partial charge in [-0.15, -0.1) is 0 Å². The first-order valence-electron chi connectivity index (χ1n) is 9.19. The quantitative estimate of drug-likeness (QED) is 0.542. The van der Waals surface area contributed by atoms with Crippen LogP contribution in [-0.2, 0) is 6.54 Å². The van der Waals surface area contributed by atoms with E-state index in [1.807, 2.05) is 36.5 Å². The van der Waals surface area contributed by atoms with Gasteiger partial charge in [-0.3, -0.25) is 0 Å². The Bertz CT molecular complexity index is 929. The number of halogens is 1. The number of benzene rings is 1. The number of guanidine groups is 1. The van der Waals surface area contributed by atoms with E-state index in [1.165, 1.54) is 5.69 Å². The third kappa shape index (κ3) is 4.26. The highest BCUT2D eigenvalue weighted by molar-refractivity contribution is 6.30. The lowest BCUT2D eigenvalue weighted by Crippen LogP contribution is -2.51. The monoisotopic (exact) mass is 395 g/mol. The van der Waals surface area contributed by atoms with E-state index in [9.17, 15) is 0 Å². The predicted octanol–water partition coefficient (Wildman–Crippen LogP) is 2.56. The zero-order valence-corrected chi connectivity index (χ0v) is 16.2. The summed E-state index contributed by atoms with van der Waals surface area (Å²) < 4.78 is 1.73. The SMILES string of the molecule is NC(=NCc1ccnc(-n2cccn2)c1)N1CCN(c2ccc(Cl)cc2)CC1. The highest BCUT2D eigenvalue weighted by atomic mass is 35.5. The van der Waals surface area contributed by atoms with Crippen LogP contribution in [0.15, 0.2) is 66.0 Å². The molecule has 28 heavy (non-hydrogen) atoms. The van der Waals surface area contributed by atoms with Crippen LogP contribution < -0.4 is 10.6 Å². The van der Waals surface area contributed by atoms with Gasteiger partial charge in [0.2, 0.25) is 0 Å². The number of rotatable bonds is 4. The first-order chi connectivity index (χ1) is 13.7. The highest BCUT2D eigenvalue weighted by Gasteiger charge is 2.18. The van der Waals surface area contributed by atoms with Crippen LogP contribution in [0.5, 0.6) is 0 Å². The largest absolute Gasteiger partial charge is 0.370 e. The third-order valence-corrected chi connectivity index (χ3v) is 5.02. The van der Waals surface area contributed by atoms with Crippen molar-refractivity contribution >= 4 is 23.2 Å². The summed E-state index contributed by atoms with van der Waals surface area (Å²) in [5.41, 5.74) is 8.47. The molecule has 1 aromatic carbocycles. The van der Waals surface area contributed by atoms with E-state index in [1.54, 1.807) is 17.1 Å². The number of nitrogens with two attached hydrogens (primary N) is 1. The molecule has 1 aliphatic rings. The lowest BCUT2D eigenvalue weighted by atomic mass is 10.2. The van der Waals surface area contributed by atoms with Gasteiger partial charge in [-0.25, -0.2) is 14.7 Å².